The molecule has 0 saturated carbocycles. The zero-order chi connectivity index (χ0) is 19.6. The smallest absolute Gasteiger partial charge is 0.261 e. The van der Waals surface area contributed by atoms with Gasteiger partial charge in [-0.2, -0.15) is 0 Å². The molecule has 2 heterocycles. The molecule has 4 aromatic rings. The van der Waals surface area contributed by atoms with E-state index < -0.39 is 9.84 Å². The second kappa shape index (κ2) is 7.83. The van der Waals surface area contributed by atoms with Gasteiger partial charge in [0.15, 0.2) is 9.84 Å². The Hall–Kier alpha value is -2.55. The maximum atomic E-state index is 12.4. The van der Waals surface area contributed by atoms with Crippen LogP contribution >= 0.6 is 22.7 Å². The summed E-state index contributed by atoms with van der Waals surface area (Å²) in [6.45, 7) is 0.0600. The number of amides is 1. The van der Waals surface area contributed by atoms with Gasteiger partial charge in [0.2, 0.25) is 0 Å². The van der Waals surface area contributed by atoms with Crippen molar-refractivity contribution in [1.82, 2.24) is 10.3 Å². The first-order valence-corrected chi connectivity index (χ1v) is 11.8. The predicted molar refractivity (Wildman–Crippen MR) is 114 cm³/mol. The highest BCUT2D eigenvalue weighted by molar-refractivity contribution is 7.91. The Labute approximate surface area is 170 Å². The van der Waals surface area contributed by atoms with Crippen molar-refractivity contribution in [3.63, 3.8) is 0 Å². The average molecular weight is 429 g/mol. The largest absolute Gasteiger partial charge is 0.350 e. The number of hydrogen-bond acceptors (Lipinski definition) is 6. The fourth-order valence-corrected chi connectivity index (χ4v) is 5.81. The highest BCUT2D eigenvalue weighted by atomic mass is 32.2. The molecule has 8 heteroatoms. The molecule has 1 amide bonds. The number of para-hydroxylation sites is 1. The van der Waals surface area contributed by atoms with Gasteiger partial charge in [0.25, 0.3) is 5.91 Å². The standard InChI is InChI=1S/C20H16N2O3S3/c23-19(21-12-13-28(24,25)14-6-2-1-3-7-14)17-10-11-18(26-17)20-22-15-8-4-5-9-16(15)27-20/h1-11H,12-13H2,(H,21,23). The number of thiazole rings is 1. The first-order chi connectivity index (χ1) is 13.5. The number of nitrogens with one attached hydrogen (secondary N) is 1. The monoisotopic (exact) mass is 428 g/mol. The second-order valence-corrected chi connectivity index (χ2v) is 10.3. The Morgan fingerprint density at radius 3 is 2.46 bits per heavy atom. The van der Waals surface area contributed by atoms with Crippen LogP contribution in [0.2, 0.25) is 0 Å². The Morgan fingerprint density at radius 2 is 1.68 bits per heavy atom. The molecule has 28 heavy (non-hydrogen) atoms. The van der Waals surface area contributed by atoms with Crippen LogP contribution in [0.4, 0.5) is 0 Å². The molecule has 5 nitrogen and oxygen atoms in total. The van der Waals surface area contributed by atoms with E-state index in [1.165, 1.54) is 11.3 Å². The lowest BCUT2D eigenvalue weighted by Gasteiger charge is -2.05. The van der Waals surface area contributed by atoms with E-state index in [1.54, 1.807) is 47.7 Å². The minimum Gasteiger partial charge on any atom is -0.350 e. The van der Waals surface area contributed by atoms with E-state index in [9.17, 15) is 13.2 Å². The molecule has 0 fully saturated rings. The van der Waals surface area contributed by atoms with Gasteiger partial charge in [-0.05, 0) is 36.4 Å². The zero-order valence-corrected chi connectivity index (χ0v) is 17.1. The molecule has 2 aromatic carbocycles. The highest BCUT2D eigenvalue weighted by Crippen LogP contribution is 2.34. The summed E-state index contributed by atoms with van der Waals surface area (Å²) < 4.78 is 25.6. The molecule has 0 atom stereocenters. The summed E-state index contributed by atoms with van der Waals surface area (Å²) in [6, 6.07) is 19.8. The van der Waals surface area contributed by atoms with Crippen molar-refractivity contribution >= 4 is 48.6 Å². The number of carbonyl (C=O) groups excluding carboxylic acids is 1. The summed E-state index contributed by atoms with van der Waals surface area (Å²) in [5, 5.41) is 3.56. The van der Waals surface area contributed by atoms with Crippen LogP contribution in [0.1, 0.15) is 9.67 Å². The second-order valence-electron chi connectivity index (χ2n) is 6.04. The maximum absolute atomic E-state index is 12.4. The molecular formula is C20H16N2O3S3. The summed E-state index contributed by atoms with van der Waals surface area (Å²) >= 11 is 2.93. The lowest BCUT2D eigenvalue weighted by Crippen LogP contribution is -2.28. The molecule has 0 unspecified atom stereocenters. The van der Waals surface area contributed by atoms with Crippen molar-refractivity contribution in [2.45, 2.75) is 4.90 Å². The van der Waals surface area contributed by atoms with Crippen molar-refractivity contribution in [3.8, 4) is 9.88 Å². The molecule has 0 bridgehead atoms. The topological polar surface area (TPSA) is 76.1 Å². The normalized spacial score (nSPS) is 11.6. The van der Waals surface area contributed by atoms with Gasteiger partial charge in [0, 0.05) is 6.54 Å². The molecule has 0 radical (unpaired) electrons. The van der Waals surface area contributed by atoms with Crippen LogP contribution in [0, 0.1) is 0 Å². The van der Waals surface area contributed by atoms with E-state index >= 15 is 0 Å². The Kier molecular flexibility index (Phi) is 5.25. The molecular weight excluding hydrogens is 412 g/mol. The van der Waals surface area contributed by atoms with Crippen LogP contribution in [0.5, 0.6) is 0 Å². The van der Waals surface area contributed by atoms with Gasteiger partial charge in [-0.15, -0.1) is 22.7 Å². The van der Waals surface area contributed by atoms with Crippen LogP contribution in [-0.2, 0) is 9.84 Å². The summed E-state index contributed by atoms with van der Waals surface area (Å²) in [7, 11) is -3.41. The Bertz CT molecular complexity index is 1190. The summed E-state index contributed by atoms with van der Waals surface area (Å²) in [5.74, 6) is -0.417. The number of sulfone groups is 1. The first-order valence-electron chi connectivity index (χ1n) is 8.55. The van der Waals surface area contributed by atoms with E-state index in [-0.39, 0.29) is 23.1 Å². The molecule has 142 valence electrons. The van der Waals surface area contributed by atoms with Crippen LogP contribution < -0.4 is 5.32 Å². The van der Waals surface area contributed by atoms with E-state index in [0.29, 0.717) is 4.88 Å². The lowest BCUT2D eigenvalue weighted by atomic mass is 10.3. The van der Waals surface area contributed by atoms with Crippen LogP contribution in [-0.4, -0.2) is 31.6 Å². The van der Waals surface area contributed by atoms with Crippen molar-refractivity contribution in [3.05, 3.63) is 71.6 Å². The minimum absolute atomic E-state index is 0.0600. The van der Waals surface area contributed by atoms with E-state index in [0.717, 1.165) is 20.1 Å². The minimum atomic E-state index is -3.41. The van der Waals surface area contributed by atoms with E-state index in [2.05, 4.69) is 10.3 Å². The van der Waals surface area contributed by atoms with E-state index in [4.69, 9.17) is 0 Å². The fraction of sp³-hybridized carbons (Fsp3) is 0.100. The highest BCUT2D eigenvalue weighted by Gasteiger charge is 2.16. The van der Waals surface area contributed by atoms with Gasteiger partial charge in [-0.1, -0.05) is 30.3 Å². The number of benzene rings is 2. The molecule has 0 aliphatic rings. The number of hydrogen-bond donors (Lipinski definition) is 1. The molecule has 0 aliphatic heterocycles. The van der Waals surface area contributed by atoms with Gasteiger partial charge in [0.1, 0.15) is 5.01 Å². The summed E-state index contributed by atoms with van der Waals surface area (Å²) in [4.78, 5) is 18.7. The molecule has 0 aliphatic carbocycles. The van der Waals surface area contributed by atoms with Crippen molar-refractivity contribution in [2.24, 2.45) is 0 Å². The molecule has 2 aromatic heterocycles. The lowest BCUT2D eigenvalue weighted by molar-refractivity contribution is 0.0960. The number of carbonyl (C=O) groups is 1. The Morgan fingerprint density at radius 1 is 0.929 bits per heavy atom. The fourth-order valence-electron chi connectivity index (χ4n) is 2.68. The van der Waals surface area contributed by atoms with Gasteiger partial charge < -0.3 is 5.32 Å². The van der Waals surface area contributed by atoms with Crippen molar-refractivity contribution < 1.29 is 13.2 Å². The van der Waals surface area contributed by atoms with Crippen molar-refractivity contribution in [1.29, 1.82) is 0 Å². The van der Waals surface area contributed by atoms with Gasteiger partial charge in [0.05, 0.1) is 30.6 Å². The zero-order valence-electron chi connectivity index (χ0n) is 14.7. The number of fused-ring (bicyclic) bond motifs is 1. The summed E-state index contributed by atoms with van der Waals surface area (Å²) in [6.07, 6.45) is 0. The number of rotatable bonds is 6. The molecule has 4 rings (SSSR count). The number of thiophene rings is 1. The molecule has 0 spiro atoms. The first kappa shape index (κ1) is 18.8. The van der Waals surface area contributed by atoms with Crippen LogP contribution in [0.25, 0.3) is 20.1 Å². The number of aromatic nitrogens is 1. The average Bonchev–Trinajstić information content (AvgIpc) is 3.35. The third kappa shape index (κ3) is 3.99. The van der Waals surface area contributed by atoms with Gasteiger partial charge in [-0.25, -0.2) is 13.4 Å². The third-order valence-corrected chi connectivity index (χ3v) is 8.11. The van der Waals surface area contributed by atoms with Gasteiger partial charge in [-0.3, -0.25) is 4.79 Å². The summed E-state index contributed by atoms with van der Waals surface area (Å²) in [5.41, 5.74) is 0.938. The van der Waals surface area contributed by atoms with Crippen LogP contribution in [0.15, 0.2) is 71.6 Å². The quantitative estimate of drug-likeness (QED) is 0.499. The van der Waals surface area contributed by atoms with E-state index in [1.807, 2.05) is 30.3 Å². The Balaban J connectivity index is 1.41. The molecule has 1 N–H and O–H groups in total. The van der Waals surface area contributed by atoms with Gasteiger partial charge >= 0.3 is 0 Å². The van der Waals surface area contributed by atoms with Crippen molar-refractivity contribution in [2.75, 3.05) is 12.3 Å². The SMILES string of the molecule is O=C(NCCS(=O)(=O)c1ccccc1)c1ccc(-c2nc3ccccc3s2)s1. The molecule has 0 saturated heterocycles. The third-order valence-electron chi connectivity index (χ3n) is 4.09. The number of nitrogens with zero attached hydrogens (tertiary/aromatic N) is 1. The van der Waals surface area contributed by atoms with Crippen LogP contribution in [0.3, 0.4) is 0 Å². The predicted octanol–water partition coefficient (Wildman–Crippen LogP) is 4.23. The maximum Gasteiger partial charge on any atom is 0.261 e.